The van der Waals surface area contributed by atoms with Crippen molar-refractivity contribution in [2.45, 2.75) is 50.9 Å². The lowest BCUT2D eigenvalue weighted by atomic mass is 9.77. The molecule has 0 aromatic heterocycles. The van der Waals surface area contributed by atoms with Gasteiger partial charge in [0.1, 0.15) is 0 Å². The molecule has 0 aliphatic heterocycles. The number of hydrogen-bond acceptors (Lipinski definition) is 0. The normalized spacial score (nSPS) is 19.9. The van der Waals surface area contributed by atoms with Crippen LogP contribution in [0, 0.1) is 0 Å². The molecule has 2 aromatic carbocycles. The molecule has 0 saturated heterocycles. The lowest BCUT2D eigenvalue weighted by molar-refractivity contribution is 0.625. The van der Waals surface area contributed by atoms with Crippen LogP contribution >= 0.6 is 0 Å². The fourth-order valence-corrected chi connectivity index (χ4v) is 4.47. The first-order valence-corrected chi connectivity index (χ1v) is 7.93. The largest absolute Gasteiger partial charge is 0.0619 e. The highest BCUT2D eigenvalue weighted by molar-refractivity contribution is 5.82. The van der Waals surface area contributed by atoms with Gasteiger partial charge < -0.3 is 0 Å². The van der Waals surface area contributed by atoms with E-state index in [1.165, 1.54) is 42.4 Å². The summed E-state index contributed by atoms with van der Waals surface area (Å²) in [6.07, 6.45) is 5.56. The molecule has 0 radical (unpaired) electrons. The Morgan fingerprint density at radius 3 is 2.35 bits per heavy atom. The van der Waals surface area contributed by atoms with Gasteiger partial charge in [0.25, 0.3) is 0 Å². The van der Waals surface area contributed by atoms with Gasteiger partial charge in [0.2, 0.25) is 0 Å². The maximum atomic E-state index is 2.40. The topological polar surface area (TPSA) is 0 Å². The van der Waals surface area contributed by atoms with E-state index in [0.29, 0.717) is 0 Å². The Labute approximate surface area is 121 Å². The van der Waals surface area contributed by atoms with Crippen molar-refractivity contribution in [3.05, 3.63) is 59.2 Å². The van der Waals surface area contributed by atoms with Gasteiger partial charge in [-0.15, -0.1) is 0 Å². The summed E-state index contributed by atoms with van der Waals surface area (Å²) in [6, 6.07) is 15.9. The number of benzene rings is 2. The summed E-state index contributed by atoms with van der Waals surface area (Å²) in [5.74, 6) is 0.790. The van der Waals surface area contributed by atoms with Crippen LogP contribution in [-0.4, -0.2) is 0 Å². The predicted octanol–water partition coefficient (Wildman–Crippen LogP) is 5.65. The smallest absolute Gasteiger partial charge is 0.0161 e. The average Bonchev–Trinajstić information content (AvgIpc) is 3.07. The molecule has 0 bridgehead atoms. The van der Waals surface area contributed by atoms with Gasteiger partial charge in [0.05, 0.1) is 0 Å². The van der Waals surface area contributed by atoms with E-state index >= 15 is 0 Å². The van der Waals surface area contributed by atoms with E-state index in [4.69, 9.17) is 0 Å². The first-order chi connectivity index (χ1) is 9.69. The third-order valence-corrected chi connectivity index (χ3v) is 5.41. The minimum atomic E-state index is 0.158. The van der Waals surface area contributed by atoms with Crippen molar-refractivity contribution in [3.63, 3.8) is 0 Å². The van der Waals surface area contributed by atoms with Crippen LogP contribution in [0.4, 0.5) is 0 Å². The van der Waals surface area contributed by atoms with Crippen molar-refractivity contribution in [3.8, 4) is 11.1 Å². The summed E-state index contributed by atoms with van der Waals surface area (Å²) in [4.78, 5) is 0. The highest BCUT2D eigenvalue weighted by atomic mass is 14.4. The van der Waals surface area contributed by atoms with Crippen LogP contribution in [0.3, 0.4) is 0 Å². The monoisotopic (exact) mass is 262 g/mol. The second-order valence-electron chi connectivity index (χ2n) is 6.92. The number of fused-ring (bicyclic) bond motifs is 3. The van der Waals surface area contributed by atoms with E-state index in [1.54, 1.807) is 11.1 Å². The fourth-order valence-electron chi connectivity index (χ4n) is 4.47. The van der Waals surface area contributed by atoms with Crippen molar-refractivity contribution < 1.29 is 0 Å². The summed E-state index contributed by atoms with van der Waals surface area (Å²) in [6.45, 7) is 4.80. The molecular weight excluding hydrogens is 240 g/mol. The number of hydrogen-bond donors (Lipinski definition) is 0. The zero-order valence-corrected chi connectivity index (χ0v) is 12.4. The molecule has 1 saturated carbocycles. The highest BCUT2D eigenvalue weighted by Crippen LogP contribution is 2.52. The molecule has 1 fully saturated rings. The summed E-state index contributed by atoms with van der Waals surface area (Å²) in [5.41, 5.74) is 7.82. The molecule has 20 heavy (non-hydrogen) atoms. The van der Waals surface area contributed by atoms with Crippen LogP contribution in [0.25, 0.3) is 11.1 Å². The van der Waals surface area contributed by atoms with Gasteiger partial charge in [-0.25, -0.2) is 0 Å². The Balaban J connectivity index is 1.97. The molecule has 0 atom stereocenters. The molecule has 0 spiro atoms. The van der Waals surface area contributed by atoms with Gasteiger partial charge in [-0.05, 0) is 46.6 Å². The van der Waals surface area contributed by atoms with Crippen molar-refractivity contribution >= 4 is 0 Å². The van der Waals surface area contributed by atoms with Crippen LogP contribution in [-0.2, 0) is 5.41 Å². The van der Waals surface area contributed by atoms with E-state index in [0.717, 1.165) is 5.92 Å². The van der Waals surface area contributed by atoms with E-state index in [9.17, 15) is 0 Å². The molecule has 0 amide bonds. The van der Waals surface area contributed by atoms with Crippen LogP contribution in [0.5, 0.6) is 0 Å². The van der Waals surface area contributed by atoms with E-state index in [2.05, 4.69) is 56.3 Å². The lowest BCUT2D eigenvalue weighted by Gasteiger charge is -2.26. The van der Waals surface area contributed by atoms with Crippen molar-refractivity contribution in [1.29, 1.82) is 0 Å². The summed E-state index contributed by atoms with van der Waals surface area (Å²) >= 11 is 0. The lowest BCUT2D eigenvalue weighted by Crippen LogP contribution is -2.18. The first-order valence-electron chi connectivity index (χ1n) is 7.93. The maximum Gasteiger partial charge on any atom is 0.0161 e. The fraction of sp³-hybridized carbons (Fsp3) is 0.400. The van der Waals surface area contributed by atoms with Crippen molar-refractivity contribution in [1.82, 2.24) is 0 Å². The predicted molar refractivity (Wildman–Crippen MR) is 85.2 cm³/mol. The molecule has 0 heteroatoms. The van der Waals surface area contributed by atoms with Crippen LogP contribution in [0.15, 0.2) is 42.5 Å². The highest BCUT2D eigenvalue weighted by Gasteiger charge is 2.38. The minimum Gasteiger partial charge on any atom is -0.0619 e. The molecule has 102 valence electrons. The molecule has 2 aliphatic carbocycles. The van der Waals surface area contributed by atoms with Gasteiger partial charge in [-0.1, -0.05) is 69.2 Å². The molecule has 0 N–H and O–H groups in total. The molecule has 2 aliphatic rings. The Kier molecular flexibility index (Phi) is 2.57. The second-order valence-corrected chi connectivity index (χ2v) is 6.92. The quantitative estimate of drug-likeness (QED) is 0.623. The summed E-state index contributed by atoms with van der Waals surface area (Å²) < 4.78 is 0. The van der Waals surface area contributed by atoms with E-state index < -0.39 is 0 Å². The molecule has 0 heterocycles. The van der Waals surface area contributed by atoms with E-state index in [1.807, 2.05) is 0 Å². The van der Waals surface area contributed by atoms with Gasteiger partial charge in [-0.3, -0.25) is 0 Å². The van der Waals surface area contributed by atoms with Crippen molar-refractivity contribution in [2.24, 2.45) is 0 Å². The third kappa shape index (κ3) is 1.54. The van der Waals surface area contributed by atoms with Crippen LogP contribution in [0.2, 0.25) is 0 Å². The minimum absolute atomic E-state index is 0.158. The number of rotatable bonds is 1. The zero-order chi connectivity index (χ0) is 13.7. The molecule has 2 aromatic rings. The SMILES string of the molecule is CC1(C)c2ccccc2-c2cccc(C3CCCC3)c21. The standard InChI is InChI=1S/C20H22/c1-20(2)18-13-6-5-10-16(18)17-12-7-11-15(19(17)20)14-8-3-4-9-14/h5-7,10-14H,3-4,8-9H2,1-2H3. The summed E-state index contributed by atoms with van der Waals surface area (Å²) in [5, 5.41) is 0. The third-order valence-electron chi connectivity index (χ3n) is 5.41. The Bertz CT molecular complexity index is 657. The van der Waals surface area contributed by atoms with Gasteiger partial charge in [-0.2, -0.15) is 0 Å². The second kappa shape index (κ2) is 4.22. The Morgan fingerprint density at radius 2 is 1.55 bits per heavy atom. The average molecular weight is 262 g/mol. The Hall–Kier alpha value is -1.56. The summed E-state index contributed by atoms with van der Waals surface area (Å²) in [7, 11) is 0. The van der Waals surface area contributed by atoms with Crippen molar-refractivity contribution in [2.75, 3.05) is 0 Å². The van der Waals surface area contributed by atoms with Gasteiger partial charge in [0.15, 0.2) is 0 Å². The van der Waals surface area contributed by atoms with E-state index in [-0.39, 0.29) is 5.41 Å². The molecule has 0 nitrogen and oxygen atoms in total. The molecule has 4 rings (SSSR count). The molecular formula is C20H22. The van der Waals surface area contributed by atoms with Gasteiger partial charge >= 0.3 is 0 Å². The maximum absolute atomic E-state index is 2.40. The van der Waals surface area contributed by atoms with Crippen LogP contribution in [0.1, 0.15) is 62.1 Å². The molecule has 0 unspecified atom stereocenters. The zero-order valence-electron chi connectivity index (χ0n) is 12.4. The van der Waals surface area contributed by atoms with Gasteiger partial charge in [0, 0.05) is 5.41 Å². The van der Waals surface area contributed by atoms with Crippen LogP contribution < -0.4 is 0 Å². The first kappa shape index (κ1) is 12.2. The Morgan fingerprint density at radius 1 is 0.850 bits per heavy atom.